The number of piperidine rings is 1. The third-order valence-electron chi connectivity index (χ3n) is 5.21. The van der Waals surface area contributed by atoms with E-state index in [1.165, 1.54) is 24.8 Å². The maximum absolute atomic E-state index is 6.19. The van der Waals surface area contributed by atoms with Gasteiger partial charge in [-0.2, -0.15) is 15.4 Å². The van der Waals surface area contributed by atoms with Crippen LogP contribution in [0, 0.1) is 11.8 Å². The lowest BCUT2D eigenvalue weighted by atomic mass is 9.62. The van der Waals surface area contributed by atoms with Gasteiger partial charge in [0.2, 0.25) is 0 Å². The predicted molar refractivity (Wildman–Crippen MR) is 83.5 cm³/mol. The summed E-state index contributed by atoms with van der Waals surface area (Å²) in [5, 5.41) is 14.9. The molecular weight excluding hydrogens is 288 g/mol. The van der Waals surface area contributed by atoms with Gasteiger partial charge in [0.05, 0.1) is 0 Å². The second-order valence-electron chi connectivity index (χ2n) is 5.98. The van der Waals surface area contributed by atoms with Crippen LogP contribution < -0.4 is 5.32 Å². The first-order valence-electron chi connectivity index (χ1n) is 7.42. The van der Waals surface area contributed by atoms with Crippen molar-refractivity contribution in [1.29, 1.82) is 0 Å². The Balaban J connectivity index is 0.00000132. The summed E-state index contributed by atoms with van der Waals surface area (Å²) in [7, 11) is 1.86. The highest BCUT2D eigenvalue weighted by Crippen LogP contribution is 2.50. The van der Waals surface area contributed by atoms with E-state index in [0.29, 0.717) is 11.8 Å². The van der Waals surface area contributed by atoms with E-state index in [9.17, 15) is 0 Å². The molecule has 2 aromatic rings. The molecule has 2 fully saturated rings. The van der Waals surface area contributed by atoms with Gasteiger partial charge in [0.15, 0.2) is 0 Å². The number of nitrogens with zero attached hydrogens (tertiary/aromatic N) is 2. The number of hydrogen-bond acceptors (Lipinski definition) is 4. The van der Waals surface area contributed by atoms with Crippen molar-refractivity contribution in [1.82, 2.24) is 20.7 Å². The molecule has 1 aliphatic carbocycles. The number of benzene rings is 1. The molecule has 1 saturated heterocycles. The molecule has 21 heavy (non-hydrogen) atoms. The van der Waals surface area contributed by atoms with E-state index in [2.05, 4.69) is 32.9 Å². The summed E-state index contributed by atoms with van der Waals surface area (Å²) in [5.41, 5.74) is 2.89. The first kappa shape index (κ1) is 14.8. The minimum absolute atomic E-state index is 0. The van der Waals surface area contributed by atoms with E-state index >= 15 is 0 Å². The van der Waals surface area contributed by atoms with Crippen molar-refractivity contribution in [2.45, 2.75) is 24.9 Å². The van der Waals surface area contributed by atoms with Gasteiger partial charge in [-0.05, 0) is 18.9 Å². The summed E-state index contributed by atoms with van der Waals surface area (Å²) in [4.78, 5) is 0. The molecule has 114 valence electrons. The fourth-order valence-corrected chi connectivity index (χ4v) is 4.38. The van der Waals surface area contributed by atoms with Gasteiger partial charge in [-0.15, -0.1) is 12.4 Å². The summed E-state index contributed by atoms with van der Waals surface area (Å²) in [6.07, 6.45) is 3.73. The molecule has 2 bridgehead atoms. The number of para-hydroxylation sites is 1. The summed E-state index contributed by atoms with van der Waals surface area (Å²) in [6.45, 7) is 2.05. The first-order chi connectivity index (χ1) is 9.86. The van der Waals surface area contributed by atoms with Gasteiger partial charge in [0.25, 0.3) is 0 Å². The van der Waals surface area contributed by atoms with E-state index in [0.717, 1.165) is 24.1 Å². The molecule has 0 spiro atoms. The van der Waals surface area contributed by atoms with Crippen LogP contribution in [-0.4, -0.2) is 35.6 Å². The molecule has 1 saturated carbocycles. The van der Waals surface area contributed by atoms with Gasteiger partial charge in [-0.3, -0.25) is 0 Å². The van der Waals surface area contributed by atoms with Crippen LogP contribution in [0.2, 0.25) is 0 Å². The highest BCUT2D eigenvalue weighted by atomic mass is 35.5. The van der Waals surface area contributed by atoms with Crippen molar-refractivity contribution in [2.75, 3.05) is 20.2 Å². The molecule has 2 heterocycles. The fraction of sp³-hybridized carbons (Fsp3) is 0.600. The summed E-state index contributed by atoms with van der Waals surface area (Å²) >= 11 is 0. The van der Waals surface area contributed by atoms with Gasteiger partial charge in [-0.25, -0.2) is 0 Å². The van der Waals surface area contributed by atoms with Crippen LogP contribution in [0.3, 0.4) is 0 Å². The Morgan fingerprint density at radius 2 is 1.95 bits per heavy atom. The Labute approximate surface area is 130 Å². The highest BCUT2D eigenvalue weighted by molar-refractivity contribution is 5.85. The Kier molecular flexibility index (Phi) is 3.90. The van der Waals surface area contributed by atoms with E-state index in [1.54, 1.807) is 0 Å². The Morgan fingerprint density at radius 3 is 2.67 bits per heavy atom. The van der Waals surface area contributed by atoms with Crippen LogP contribution in [0.15, 0.2) is 18.2 Å². The van der Waals surface area contributed by atoms with Gasteiger partial charge in [-0.1, -0.05) is 18.6 Å². The largest absolute Gasteiger partial charge is 0.373 e. The quantitative estimate of drug-likeness (QED) is 0.893. The maximum Gasteiger partial charge on any atom is 0.119 e. The molecule has 1 aromatic carbocycles. The molecule has 5 nitrogen and oxygen atoms in total. The number of fused-ring (bicyclic) bond motifs is 3. The lowest BCUT2D eigenvalue weighted by molar-refractivity contribution is -0.143. The Morgan fingerprint density at radius 1 is 1.19 bits per heavy atom. The molecule has 2 N–H and O–H groups in total. The molecule has 0 radical (unpaired) electrons. The second-order valence-corrected chi connectivity index (χ2v) is 5.98. The molecule has 4 rings (SSSR count). The fourth-order valence-electron chi connectivity index (χ4n) is 4.38. The number of H-pyrrole nitrogens is 1. The van der Waals surface area contributed by atoms with Crippen molar-refractivity contribution in [3.63, 3.8) is 0 Å². The zero-order valence-corrected chi connectivity index (χ0v) is 12.9. The van der Waals surface area contributed by atoms with Crippen molar-refractivity contribution in [3.8, 4) is 0 Å². The lowest BCUT2D eigenvalue weighted by Gasteiger charge is -2.52. The molecule has 1 aromatic heterocycles. The van der Waals surface area contributed by atoms with Crippen LogP contribution in [0.25, 0.3) is 11.0 Å². The van der Waals surface area contributed by atoms with Gasteiger partial charge in [0, 0.05) is 37.6 Å². The summed E-state index contributed by atoms with van der Waals surface area (Å²) in [5.74, 6) is 1.03. The number of aromatic nitrogens is 3. The predicted octanol–water partition coefficient (Wildman–Crippen LogP) is 2.24. The zero-order chi connectivity index (χ0) is 13.6. The SMILES string of the molecule is COC1(c2cccc3n[nH]nc23)C2CCCC1CNC2.Cl. The van der Waals surface area contributed by atoms with Crippen LogP contribution in [0.4, 0.5) is 0 Å². The average molecular weight is 309 g/mol. The third kappa shape index (κ3) is 1.99. The molecule has 2 unspecified atom stereocenters. The number of nitrogens with one attached hydrogen (secondary N) is 2. The monoisotopic (exact) mass is 308 g/mol. The van der Waals surface area contributed by atoms with E-state index in [4.69, 9.17) is 4.74 Å². The molecular formula is C15H21ClN4O. The molecule has 1 aliphatic heterocycles. The Hall–Kier alpha value is -1.17. The number of hydrogen-bond donors (Lipinski definition) is 2. The van der Waals surface area contributed by atoms with E-state index < -0.39 is 0 Å². The molecule has 6 heteroatoms. The van der Waals surface area contributed by atoms with Crippen LogP contribution >= 0.6 is 12.4 Å². The second kappa shape index (κ2) is 5.55. The Bertz CT molecular complexity index is 607. The normalized spacial score (nSPS) is 31.9. The van der Waals surface area contributed by atoms with E-state index in [1.807, 2.05) is 13.2 Å². The minimum atomic E-state index is -0.208. The number of methoxy groups -OCH3 is 1. The third-order valence-corrected chi connectivity index (χ3v) is 5.21. The molecule has 0 amide bonds. The number of aromatic amines is 1. The minimum Gasteiger partial charge on any atom is -0.373 e. The average Bonchev–Trinajstić information content (AvgIpc) is 2.94. The zero-order valence-electron chi connectivity index (χ0n) is 12.1. The van der Waals surface area contributed by atoms with E-state index in [-0.39, 0.29) is 18.0 Å². The summed E-state index contributed by atoms with van der Waals surface area (Å²) in [6, 6.07) is 6.24. The van der Waals surface area contributed by atoms with Crippen molar-refractivity contribution in [2.24, 2.45) is 11.8 Å². The van der Waals surface area contributed by atoms with Crippen molar-refractivity contribution >= 4 is 23.4 Å². The maximum atomic E-state index is 6.19. The van der Waals surface area contributed by atoms with Crippen molar-refractivity contribution < 1.29 is 4.74 Å². The smallest absolute Gasteiger partial charge is 0.119 e. The topological polar surface area (TPSA) is 62.8 Å². The number of rotatable bonds is 2. The number of ether oxygens (including phenoxy) is 1. The first-order valence-corrected chi connectivity index (χ1v) is 7.42. The van der Waals surface area contributed by atoms with Crippen molar-refractivity contribution in [3.05, 3.63) is 23.8 Å². The number of halogens is 1. The van der Waals surface area contributed by atoms with Gasteiger partial charge >= 0.3 is 0 Å². The van der Waals surface area contributed by atoms with Crippen LogP contribution in [0.1, 0.15) is 24.8 Å². The van der Waals surface area contributed by atoms with Crippen LogP contribution in [0.5, 0.6) is 0 Å². The van der Waals surface area contributed by atoms with Gasteiger partial charge < -0.3 is 10.1 Å². The molecule has 2 atom stereocenters. The summed E-state index contributed by atoms with van der Waals surface area (Å²) < 4.78 is 6.19. The standard InChI is InChI=1S/C15H20N4O.ClH/c1-20-15(10-4-2-5-11(15)9-16-8-10)12-6-3-7-13-14(12)18-19-17-13;/h3,6-7,10-11,16H,2,4-5,8-9H2,1H3,(H,17,18,19);1H. The molecule has 2 aliphatic rings. The van der Waals surface area contributed by atoms with Crippen LogP contribution in [-0.2, 0) is 10.3 Å². The van der Waals surface area contributed by atoms with Gasteiger partial charge in [0.1, 0.15) is 16.6 Å². The highest BCUT2D eigenvalue weighted by Gasteiger charge is 2.52. The lowest BCUT2D eigenvalue weighted by Crippen LogP contribution is -2.57.